The number of rotatable bonds is 4. The minimum absolute atomic E-state index is 0.223. The van der Waals surface area contributed by atoms with Gasteiger partial charge in [0.15, 0.2) is 0 Å². The van der Waals surface area contributed by atoms with Gasteiger partial charge in [0.05, 0.1) is 17.9 Å². The molecule has 2 aromatic rings. The molecule has 166 valence electrons. The summed E-state index contributed by atoms with van der Waals surface area (Å²) >= 11 is 6.31. The number of amides is 3. The molecule has 3 aliphatic heterocycles. The standard InChI is InChI=1S/C24H24ClN3O4/c1-12-10-15(25)11-16-19(12)26-23(32)24(16)18-17(20(27-24)13(2)29)21(30)28(22(18)31)9-8-14-6-4-3-5-7-14/h3-7,10-11,13,17-18,20,27,29H,8-9H2,1-2H3,(H,26,32)/t13-,17+,18+,20+,24+/m1/s1. The Labute approximate surface area is 190 Å². The van der Waals surface area contributed by atoms with Crippen molar-refractivity contribution < 1.29 is 19.5 Å². The molecule has 7 nitrogen and oxygen atoms in total. The second-order valence-corrected chi connectivity index (χ2v) is 9.32. The first kappa shape index (κ1) is 21.1. The third-order valence-electron chi connectivity index (χ3n) is 7.00. The zero-order valence-corrected chi connectivity index (χ0v) is 18.5. The minimum atomic E-state index is -1.45. The van der Waals surface area contributed by atoms with Gasteiger partial charge in [0.25, 0.3) is 0 Å². The van der Waals surface area contributed by atoms with Gasteiger partial charge < -0.3 is 10.4 Å². The molecule has 2 saturated heterocycles. The van der Waals surface area contributed by atoms with Crippen LogP contribution in [0.15, 0.2) is 42.5 Å². The van der Waals surface area contributed by atoms with Crippen molar-refractivity contribution in [3.63, 3.8) is 0 Å². The SMILES string of the molecule is Cc1cc(Cl)cc2c1NC(=O)[C@]21N[C@@H]([C@@H](C)O)[C@H]2C(=O)N(CCc3ccccc3)C(=O)[C@H]21. The molecule has 5 atom stereocenters. The number of benzene rings is 2. The van der Waals surface area contributed by atoms with Crippen LogP contribution in [0.3, 0.4) is 0 Å². The molecule has 1 spiro atoms. The maximum atomic E-state index is 13.6. The Morgan fingerprint density at radius 2 is 1.88 bits per heavy atom. The normalized spacial score (nSPS) is 29.4. The highest BCUT2D eigenvalue weighted by molar-refractivity contribution is 6.31. The van der Waals surface area contributed by atoms with Gasteiger partial charge in [0, 0.05) is 28.9 Å². The van der Waals surface area contributed by atoms with Crippen LogP contribution >= 0.6 is 11.6 Å². The summed E-state index contributed by atoms with van der Waals surface area (Å²) in [5.41, 5.74) is 1.48. The Morgan fingerprint density at radius 1 is 1.16 bits per heavy atom. The van der Waals surface area contributed by atoms with E-state index < -0.39 is 41.3 Å². The Bertz CT molecular complexity index is 1140. The Morgan fingerprint density at radius 3 is 2.56 bits per heavy atom. The first-order valence-electron chi connectivity index (χ1n) is 10.7. The van der Waals surface area contributed by atoms with Gasteiger partial charge in [-0.1, -0.05) is 41.9 Å². The Balaban J connectivity index is 1.58. The number of carbonyl (C=O) groups is 3. The van der Waals surface area contributed by atoms with Gasteiger partial charge in [-0.25, -0.2) is 0 Å². The molecule has 0 aromatic heterocycles. The number of aliphatic hydroxyl groups excluding tert-OH is 1. The Hall–Kier alpha value is -2.74. The fraction of sp³-hybridized carbons (Fsp3) is 0.375. The molecule has 3 aliphatic rings. The molecule has 3 heterocycles. The van der Waals surface area contributed by atoms with Crippen molar-refractivity contribution in [3.8, 4) is 0 Å². The number of carbonyl (C=O) groups excluding carboxylic acids is 3. The summed E-state index contributed by atoms with van der Waals surface area (Å²) < 4.78 is 0. The topological polar surface area (TPSA) is 98.7 Å². The highest BCUT2D eigenvalue weighted by atomic mass is 35.5. The summed E-state index contributed by atoms with van der Waals surface area (Å²) in [6.07, 6.45) is -0.421. The van der Waals surface area contributed by atoms with Gasteiger partial charge in [-0.15, -0.1) is 0 Å². The monoisotopic (exact) mass is 453 g/mol. The van der Waals surface area contributed by atoms with Crippen molar-refractivity contribution in [3.05, 3.63) is 64.2 Å². The number of likely N-dealkylation sites (tertiary alicyclic amines) is 1. The van der Waals surface area contributed by atoms with Gasteiger partial charge in [0.2, 0.25) is 17.7 Å². The molecule has 3 N–H and O–H groups in total. The predicted octanol–water partition coefficient (Wildman–Crippen LogP) is 1.99. The van der Waals surface area contributed by atoms with E-state index in [1.165, 1.54) is 4.90 Å². The number of imide groups is 1. The van der Waals surface area contributed by atoms with Crippen LogP contribution in [0.25, 0.3) is 0 Å². The van der Waals surface area contributed by atoms with Crippen LogP contribution in [-0.4, -0.2) is 46.4 Å². The molecule has 0 bridgehead atoms. The van der Waals surface area contributed by atoms with Crippen molar-refractivity contribution in [1.29, 1.82) is 0 Å². The molecule has 0 saturated carbocycles. The molecule has 32 heavy (non-hydrogen) atoms. The van der Waals surface area contributed by atoms with E-state index in [1.807, 2.05) is 37.3 Å². The van der Waals surface area contributed by atoms with E-state index in [0.717, 1.165) is 11.1 Å². The van der Waals surface area contributed by atoms with Gasteiger partial charge in [-0.3, -0.25) is 24.6 Å². The van der Waals surface area contributed by atoms with Crippen LogP contribution in [0, 0.1) is 18.8 Å². The summed E-state index contributed by atoms with van der Waals surface area (Å²) in [6, 6.07) is 12.3. The summed E-state index contributed by atoms with van der Waals surface area (Å²) in [4.78, 5) is 41.7. The molecule has 5 rings (SSSR count). The first-order valence-corrected chi connectivity index (χ1v) is 11.1. The maximum Gasteiger partial charge on any atom is 0.250 e. The second kappa shape index (κ2) is 7.40. The lowest BCUT2D eigenvalue weighted by Gasteiger charge is -2.30. The minimum Gasteiger partial charge on any atom is -0.392 e. The van der Waals surface area contributed by atoms with Crippen LogP contribution in [0.4, 0.5) is 5.69 Å². The van der Waals surface area contributed by atoms with E-state index in [4.69, 9.17) is 11.6 Å². The first-order chi connectivity index (χ1) is 15.3. The van der Waals surface area contributed by atoms with Crippen LogP contribution in [-0.2, 0) is 26.3 Å². The molecular formula is C24H24ClN3O4. The van der Waals surface area contributed by atoms with Crippen LogP contribution in [0.2, 0.25) is 5.02 Å². The molecular weight excluding hydrogens is 430 g/mol. The predicted molar refractivity (Wildman–Crippen MR) is 119 cm³/mol. The fourth-order valence-electron chi connectivity index (χ4n) is 5.54. The van der Waals surface area contributed by atoms with E-state index >= 15 is 0 Å². The number of aryl methyl sites for hydroxylation is 1. The lowest BCUT2D eigenvalue weighted by molar-refractivity contribution is -0.143. The number of fused-ring (bicyclic) bond motifs is 4. The number of hydrogen-bond acceptors (Lipinski definition) is 5. The van der Waals surface area contributed by atoms with E-state index in [0.29, 0.717) is 22.7 Å². The molecule has 2 aromatic carbocycles. The molecule has 8 heteroatoms. The maximum absolute atomic E-state index is 13.6. The number of anilines is 1. The number of nitrogens with one attached hydrogen (secondary N) is 2. The fourth-order valence-corrected chi connectivity index (χ4v) is 5.82. The van der Waals surface area contributed by atoms with Gasteiger partial charge in [-0.2, -0.15) is 0 Å². The quantitative estimate of drug-likeness (QED) is 0.615. The molecule has 3 amide bonds. The zero-order chi connectivity index (χ0) is 22.8. The highest BCUT2D eigenvalue weighted by Gasteiger charge is 2.71. The molecule has 2 fully saturated rings. The van der Waals surface area contributed by atoms with Crippen molar-refractivity contribution in [2.24, 2.45) is 11.8 Å². The van der Waals surface area contributed by atoms with E-state index in [9.17, 15) is 19.5 Å². The lowest BCUT2D eigenvalue weighted by atomic mass is 9.76. The van der Waals surface area contributed by atoms with Crippen molar-refractivity contribution in [1.82, 2.24) is 10.2 Å². The van der Waals surface area contributed by atoms with E-state index in [1.54, 1.807) is 19.1 Å². The number of nitrogens with zero attached hydrogens (tertiary/aromatic N) is 1. The summed E-state index contributed by atoms with van der Waals surface area (Å²) in [5.74, 6) is -2.95. The second-order valence-electron chi connectivity index (χ2n) is 8.89. The van der Waals surface area contributed by atoms with Crippen molar-refractivity contribution in [2.75, 3.05) is 11.9 Å². The number of hydrogen-bond donors (Lipinski definition) is 3. The van der Waals surface area contributed by atoms with Gasteiger partial charge >= 0.3 is 0 Å². The third kappa shape index (κ3) is 2.85. The summed E-state index contributed by atoms with van der Waals surface area (Å²) in [6.45, 7) is 3.62. The highest BCUT2D eigenvalue weighted by Crippen LogP contribution is 2.54. The lowest BCUT2D eigenvalue weighted by Crippen LogP contribution is -2.55. The summed E-state index contributed by atoms with van der Waals surface area (Å²) in [7, 11) is 0. The van der Waals surface area contributed by atoms with E-state index in [2.05, 4.69) is 10.6 Å². The Kier molecular flexibility index (Phi) is 4.89. The third-order valence-corrected chi connectivity index (χ3v) is 7.22. The van der Waals surface area contributed by atoms with Crippen molar-refractivity contribution >= 4 is 35.0 Å². The van der Waals surface area contributed by atoms with E-state index in [-0.39, 0.29) is 12.5 Å². The zero-order valence-electron chi connectivity index (χ0n) is 17.8. The van der Waals surface area contributed by atoms with Crippen LogP contribution in [0.1, 0.15) is 23.6 Å². The van der Waals surface area contributed by atoms with Crippen molar-refractivity contribution in [2.45, 2.75) is 38.0 Å². The van der Waals surface area contributed by atoms with Crippen LogP contribution < -0.4 is 10.6 Å². The van der Waals surface area contributed by atoms with Crippen LogP contribution in [0.5, 0.6) is 0 Å². The average Bonchev–Trinajstić information content (AvgIpc) is 3.34. The number of halogens is 1. The average molecular weight is 454 g/mol. The largest absolute Gasteiger partial charge is 0.392 e. The molecule has 0 unspecified atom stereocenters. The summed E-state index contributed by atoms with van der Waals surface area (Å²) in [5, 5.41) is 17.0. The van der Waals surface area contributed by atoms with Gasteiger partial charge in [0.1, 0.15) is 5.54 Å². The molecule has 0 aliphatic carbocycles. The number of aliphatic hydroxyl groups is 1. The smallest absolute Gasteiger partial charge is 0.250 e. The molecule has 0 radical (unpaired) electrons. The van der Waals surface area contributed by atoms with Gasteiger partial charge in [-0.05, 0) is 43.5 Å².